The summed E-state index contributed by atoms with van der Waals surface area (Å²) in [5.41, 5.74) is 2.89. The van der Waals surface area contributed by atoms with E-state index in [2.05, 4.69) is 30.0 Å². The normalized spacial score (nSPS) is 11.2. The second-order valence-corrected chi connectivity index (χ2v) is 9.14. The molecule has 12 heteroatoms. The lowest BCUT2D eigenvalue weighted by Gasteiger charge is -2.15. The fraction of sp³-hybridized carbons (Fsp3) is 0.273. The summed E-state index contributed by atoms with van der Waals surface area (Å²) in [6.45, 7) is 4.00. The Hall–Kier alpha value is -3.12. The molecule has 0 aliphatic rings. The highest BCUT2D eigenvalue weighted by atomic mass is 35.5. The minimum atomic E-state index is -3.58. The zero-order chi connectivity index (χ0) is 24.7. The van der Waals surface area contributed by atoms with Crippen LogP contribution in [0.2, 0.25) is 5.02 Å². The summed E-state index contributed by atoms with van der Waals surface area (Å²) in [7, 11) is -0.536. The highest BCUT2D eigenvalue weighted by molar-refractivity contribution is 7.87. The summed E-state index contributed by atoms with van der Waals surface area (Å²) in [5, 5.41) is 6.76. The van der Waals surface area contributed by atoms with Gasteiger partial charge >= 0.3 is 0 Å². The maximum absolute atomic E-state index is 12.0. The fourth-order valence-electron chi connectivity index (χ4n) is 3.09. The number of nitrogens with one attached hydrogen (secondary N) is 4. The van der Waals surface area contributed by atoms with E-state index in [1.165, 1.54) is 14.2 Å². The summed E-state index contributed by atoms with van der Waals surface area (Å²) in [5.74, 6) is 1.80. The van der Waals surface area contributed by atoms with Crippen molar-refractivity contribution in [2.75, 3.05) is 31.4 Å². The Morgan fingerprint density at radius 2 is 1.82 bits per heavy atom. The van der Waals surface area contributed by atoms with Crippen molar-refractivity contribution in [1.29, 1.82) is 0 Å². The molecule has 10 nitrogen and oxygen atoms in total. The van der Waals surface area contributed by atoms with Crippen molar-refractivity contribution in [2.45, 2.75) is 20.4 Å². The molecule has 4 N–H and O–H groups in total. The van der Waals surface area contributed by atoms with Crippen LogP contribution in [0.15, 0.2) is 42.6 Å². The van der Waals surface area contributed by atoms with Gasteiger partial charge in [-0.15, -0.1) is 0 Å². The molecular weight excluding hydrogens is 480 g/mol. The molecule has 34 heavy (non-hydrogen) atoms. The minimum absolute atomic E-state index is 0.109. The van der Waals surface area contributed by atoms with E-state index in [1.807, 2.05) is 31.2 Å². The maximum atomic E-state index is 12.0. The van der Waals surface area contributed by atoms with Gasteiger partial charge in [-0.05, 0) is 24.6 Å². The van der Waals surface area contributed by atoms with E-state index in [-0.39, 0.29) is 6.54 Å². The summed E-state index contributed by atoms with van der Waals surface area (Å²) in [4.78, 5) is 8.91. The van der Waals surface area contributed by atoms with Gasteiger partial charge in [0, 0.05) is 42.3 Å². The number of methoxy groups -OCH3 is 2. The summed E-state index contributed by atoms with van der Waals surface area (Å²) in [6.07, 6.45) is 1.68. The number of para-hydroxylation sites is 1. The Labute approximate surface area is 204 Å². The Balaban J connectivity index is 1.83. The van der Waals surface area contributed by atoms with E-state index < -0.39 is 10.2 Å². The van der Waals surface area contributed by atoms with Crippen LogP contribution in [-0.2, 0) is 16.8 Å². The van der Waals surface area contributed by atoms with Crippen molar-refractivity contribution in [1.82, 2.24) is 19.4 Å². The van der Waals surface area contributed by atoms with E-state index in [0.29, 0.717) is 46.2 Å². The monoisotopic (exact) mass is 506 g/mol. The van der Waals surface area contributed by atoms with E-state index in [4.69, 9.17) is 21.1 Å². The van der Waals surface area contributed by atoms with Gasteiger partial charge in [-0.25, -0.2) is 9.71 Å². The molecule has 3 aromatic rings. The standard InChI is InChI=1S/C22H27ClN6O4S/c1-5-25-34(30,31)26-13-15-8-6-7-9-18(15)28-21-14(2)12-24-22(29-21)27-16-10-17(23)20(33-4)19(11-16)32-3/h6-12,25-26H,5,13H2,1-4H3,(H2,24,27,28,29). The Kier molecular flexibility index (Phi) is 8.51. The fourth-order valence-corrected chi connectivity index (χ4v) is 4.20. The van der Waals surface area contributed by atoms with Crippen molar-refractivity contribution in [3.8, 4) is 11.5 Å². The van der Waals surface area contributed by atoms with Gasteiger partial charge in [0.1, 0.15) is 5.82 Å². The molecule has 182 valence electrons. The lowest BCUT2D eigenvalue weighted by Crippen LogP contribution is -2.35. The average molecular weight is 507 g/mol. The van der Waals surface area contributed by atoms with Crippen molar-refractivity contribution in [3.63, 3.8) is 0 Å². The molecule has 2 aromatic carbocycles. The second-order valence-electron chi connectivity index (χ2n) is 7.15. The van der Waals surface area contributed by atoms with Crippen LogP contribution >= 0.6 is 11.6 Å². The van der Waals surface area contributed by atoms with Crippen LogP contribution in [0, 0.1) is 6.92 Å². The first-order valence-electron chi connectivity index (χ1n) is 10.4. The number of hydrogen-bond acceptors (Lipinski definition) is 8. The smallest absolute Gasteiger partial charge is 0.277 e. The van der Waals surface area contributed by atoms with Crippen LogP contribution < -0.4 is 29.6 Å². The van der Waals surface area contributed by atoms with Gasteiger partial charge in [-0.1, -0.05) is 36.7 Å². The first-order chi connectivity index (χ1) is 16.3. The number of anilines is 4. The molecule has 0 aliphatic carbocycles. The summed E-state index contributed by atoms with van der Waals surface area (Å²) < 4.78 is 39.5. The number of benzene rings is 2. The summed E-state index contributed by atoms with van der Waals surface area (Å²) in [6, 6.07) is 10.8. The minimum Gasteiger partial charge on any atom is -0.493 e. The van der Waals surface area contributed by atoms with E-state index in [1.54, 1.807) is 25.3 Å². The molecule has 0 saturated carbocycles. The van der Waals surface area contributed by atoms with Crippen LogP contribution in [0.25, 0.3) is 0 Å². The topological polar surface area (TPSA) is 127 Å². The van der Waals surface area contributed by atoms with E-state index in [9.17, 15) is 8.42 Å². The predicted molar refractivity (Wildman–Crippen MR) is 134 cm³/mol. The number of aryl methyl sites for hydroxylation is 1. The molecule has 0 radical (unpaired) electrons. The van der Waals surface area contributed by atoms with Crippen LogP contribution in [0.4, 0.5) is 23.1 Å². The maximum Gasteiger partial charge on any atom is 0.277 e. The molecule has 0 spiro atoms. The van der Waals surface area contributed by atoms with Crippen LogP contribution in [0.1, 0.15) is 18.1 Å². The lowest BCUT2D eigenvalue weighted by atomic mass is 10.1. The molecule has 0 unspecified atom stereocenters. The number of ether oxygens (including phenoxy) is 2. The third-order valence-electron chi connectivity index (χ3n) is 4.72. The van der Waals surface area contributed by atoms with E-state index >= 15 is 0 Å². The number of nitrogens with zero attached hydrogens (tertiary/aromatic N) is 2. The number of halogens is 1. The highest BCUT2D eigenvalue weighted by Crippen LogP contribution is 2.38. The Morgan fingerprint density at radius 1 is 1.06 bits per heavy atom. The first kappa shape index (κ1) is 25.5. The van der Waals surface area contributed by atoms with Crippen molar-refractivity contribution in [3.05, 3.63) is 58.7 Å². The lowest BCUT2D eigenvalue weighted by molar-refractivity contribution is 0.355. The van der Waals surface area contributed by atoms with Gasteiger partial charge < -0.3 is 20.1 Å². The van der Waals surface area contributed by atoms with E-state index in [0.717, 1.165) is 11.1 Å². The van der Waals surface area contributed by atoms with Gasteiger partial charge in [0.15, 0.2) is 11.5 Å². The molecule has 0 aliphatic heterocycles. The number of hydrogen-bond donors (Lipinski definition) is 4. The van der Waals surface area contributed by atoms with Gasteiger partial charge in [-0.3, -0.25) is 0 Å². The molecule has 0 amide bonds. The number of aromatic nitrogens is 2. The molecule has 0 fully saturated rings. The van der Waals surface area contributed by atoms with Crippen LogP contribution in [0.5, 0.6) is 11.5 Å². The van der Waals surface area contributed by atoms with Crippen molar-refractivity contribution < 1.29 is 17.9 Å². The van der Waals surface area contributed by atoms with Crippen LogP contribution in [-0.4, -0.2) is 39.2 Å². The molecule has 0 bridgehead atoms. The second kappa shape index (κ2) is 11.3. The average Bonchev–Trinajstić information content (AvgIpc) is 2.80. The molecule has 0 saturated heterocycles. The Morgan fingerprint density at radius 3 is 2.53 bits per heavy atom. The molecule has 0 atom stereocenters. The Bertz CT molecular complexity index is 1260. The summed E-state index contributed by atoms with van der Waals surface area (Å²) >= 11 is 6.29. The molecule has 3 rings (SSSR count). The van der Waals surface area contributed by atoms with Crippen molar-refractivity contribution in [2.24, 2.45) is 0 Å². The van der Waals surface area contributed by atoms with Gasteiger partial charge in [0.2, 0.25) is 5.95 Å². The third kappa shape index (κ3) is 6.48. The first-order valence-corrected chi connectivity index (χ1v) is 12.2. The van der Waals surface area contributed by atoms with Crippen molar-refractivity contribution >= 4 is 45.0 Å². The largest absolute Gasteiger partial charge is 0.493 e. The van der Waals surface area contributed by atoms with Crippen LogP contribution in [0.3, 0.4) is 0 Å². The molecule has 1 aromatic heterocycles. The third-order valence-corrected chi connectivity index (χ3v) is 6.19. The predicted octanol–water partition coefficient (Wildman–Crippen LogP) is 3.89. The zero-order valence-electron chi connectivity index (χ0n) is 19.3. The molecular formula is C22H27ClN6O4S. The quantitative estimate of drug-likeness (QED) is 0.308. The molecule has 1 heterocycles. The highest BCUT2D eigenvalue weighted by Gasteiger charge is 2.14. The zero-order valence-corrected chi connectivity index (χ0v) is 20.8. The van der Waals surface area contributed by atoms with Gasteiger partial charge in [0.05, 0.1) is 19.2 Å². The SMILES string of the molecule is CCNS(=O)(=O)NCc1ccccc1Nc1nc(Nc2cc(Cl)c(OC)c(OC)c2)ncc1C. The number of rotatable bonds is 11. The van der Waals surface area contributed by atoms with Gasteiger partial charge in [0.25, 0.3) is 10.2 Å². The van der Waals surface area contributed by atoms with Gasteiger partial charge in [-0.2, -0.15) is 18.1 Å².